The predicted molar refractivity (Wildman–Crippen MR) is 221 cm³/mol. The van der Waals surface area contributed by atoms with Crippen molar-refractivity contribution in [1.29, 1.82) is 0 Å². The highest BCUT2D eigenvalue weighted by Gasteiger charge is 2.37. The van der Waals surface area contributed by atoms with E-state index in [1.165, 1.54) is 10.8 Å². The zero-order chi connectivity index (χ0) is 38.1. The molecule has 0 saturated carbocycles. The van der Waals surface area contributed by atoms with Gasteiger partial charge in [0.25, 0.3) is 11.8 Å². The van der Waals surface area contributed by atoms with E-state index in [2.05, 4.69) is 10.3 Å². The summed E-state index contributed by atoms with van der Waals surface area (Å²) in [5.74, 6) is 0.758. The fourth-order valence-corrected chi connectivity index (χ4v) is 10.4. The van der Waals surface area contributed by atoms with Crippen LogP contribution in [0.5, 0.6) is 11.5 Å². The molecule has 16 heteroatoms. The lowest BCUT2D eigenvalue weighted by Gasteiger charge is -2.19. The van der Waals surface area contributed by atoms with Crippen LogP contribution in [0, 0.1) is 0 Å². The third-order valence-electron chi connectivity index (χ3n) is 9.42. The van der Waals surface area contributed by atoms with E-state index in [0.29, 0.717) is 64.1 Å². The molecule has 3 N–H and O–H groups in total. The highest BCUT2D eigenvalue weighted by molar-refractivity contribution is 8.76. The van der Waals surface area contributed by atoms with Gasteiger partial charge in [0.2, 0.25) is 0 Å². The molecule has 11 nitrogen and oxygen atoms in total. The van der Waals surface area contributed by atoms with Crippen molar-refractivity contribution in [2.45, 2.75) is 17.4 Å². The number of benzene rings is 4. The minimum Gasteiger partial charge on any atom is -0.426 e. The number of thiophene rings is 1. The number of anilines is 2. The van der Waals surface area contributed by atoms with E-state index in [1.54, 1.807) is 51.1 Å². The normalized spacial score (nSPS) is 14.7. The molecule has 2 aliphatic rings. The van der Waals surface area contributed by atoms with Crippen molar-refractivity contribution in [2.24, 2.45) is 0 Å². The van der Waals surface area contributed by atoms with Crippen LogP contribution < -0.4 is 24.4 Å². The van der Waals surface area contributed by atoms with E-state index < -0.39 is 14.7 Å². The van der Waals surface area contributed by atoms with Crippen LogP contribution in [-0.2, 0) is 6.42 Å². The number of hydrogen-bond acceptors (Lipinski definition) is 11. The number of halogens is 1. The average molecular weight is 831 g/mol. The van der Waals surface area contributed by atoms with Crippen molar-refractivity contribution in [3.63, 3.8) is 0 Å². The molecular formula is C39H32ClN4O7PS3. The van der Waals surface area contributed by atoms with Gasteiger partial charge in [0.15, 0.2) is 0 Å². The molecule has 0 aliphatic carbocycles. The summed E-state index contributed by atoms with van der Waals surface area (Å²) in [4.78, 5) is 68.9. The van der Waals surface area contributed by atoms with Crippen LogP contribution in [0.3, 0.4) is 0 Å². The second kappa shape index (κ2) is 16.4. The summed E-state index contributed by atoms with van der Waals surface area (Å²) in [6, 6.07) is 27.5. The Kier molecular flexibility index (Phi) is 11.2. The minimum atomic E-state index is -2.70. The number of rotatable bonds is 11. The van der Waals surface area contributed by atoms with Crippen molar-refractivity contribution in [1.82, 2.24) is 10.3 Å². The molecule has 0 fully saturated rings. The zero-order valence-electron chi connectivity index (χ0n) is 28.9. The van der Waals surface area contributed by atoms with Crippen LogP contribution in [-0.4, -0.2) is 63.9 Å². The number of nitrogens with zero attached hydrogens (tertiary/aromatic N) is 3. The van der Waals surface area contributed by atoms with Gasteiger partial charge in [0, 0.05) is 66.3 Å². The largest absolute Gasteiger partial charge is 0.426 e. The quantitative estimate of drug-likeness (QED) is 0.0502. The molecule has 280 valence electrons. The molecule has 0 bridgehead atoms. The highest BCUT2D eigenvalue weighted by atomic mass is 35.5. The first kappa shape index (κ1) is 37.5. The van der Waals surface area contributed by atoms with Crippen LogP contribution >= 0.6 is 53.1 Å². The molecule has 0 radical (unpaired) electrons. The van der Waals surface area contributed by atoms with E-state index in [1.807, 2.05) is 66.7 Å². The number of fused-ring (bicyclic) bond motifs is 6. The van der Waals surface area contributed by atoms with Gasteiger partial charge >= 0.3 is 14.7 Å². The van der Waals surface area contributed by atoms with Crippen molar-refractivity contribution in [3.05, 3.63) is 118 Å². The number of hydrogen-bond donors (Lipinski definition) is 3. The minimum absolute atomic E-state index is 0.171. The molecule has 4 aromatic carbocycles. The Morgan fingerprint density at radius 3 is 2.25 bits per heavy atom. The number of carbonyl (C=O) groups is 3. The third kappa shape index (κ3) is 7.60. The SMILES string of the molecule is O=C(NCCSSc1ccccn1)Oc1cc2c(c3ccccc13)CCN2C(=O)c1ccc(C(=O)N2CC(CCl)c3c2cc(OP(O)O)c2ccccc32)s1. The van der Waals surface area contributed by atoms with Crippen molar-refractivity contribution < 1.29 is 33.4 Å². The molecule has 4 heterocycles. The van der Waals surface area contributed by atoms with Gasteiger partial charge < -0.3 is 34.2 Å². The standard InChI is InChI=1S/C39H32ClN4O7PS3/c40-21-23-22-44(30-20-32(51-52(48)49)27-9-3-4-10-28(27)36(23)30)38(46)34-13-12-33(54-34)37(45)43-17-14-25-24-7-1-2-8-26(24)31(19-29(25)43)50-39(47)42-16-18-53-55-35-11-5-6-15-41-35/h1-13,15,19-20,23,48-49H,14,16-18,21-22H2,(H,42,47). The van der Waals surface area contributed by atoms with Crippen molar-refractivity contribution >= 4 is 104 Å². The number of carbonyl (C=O) groups excluding carboxylic acids is 3. The van der Waals surface area contributed by atoms with E-state index in [4.69, 9.17) is 20.9 Å². The highest BCUT2D eigenvalue weighted by Crippen LogP contribution is 2.48. The summed E-state index contributed by atoms with van der Waals surface area (Å²) in [6.07, 6.45) is 1.76. The molecule has 1 unspecified atom stereocenters. The first-order valence-electron chi connectivity index (χ1n) is 17.2. The van der Waals surface area contributed by atoms with Gasteiger partial charge in [-0.1, -0.05) is 65.4 Å². The predicted octanol–water partition coefficient (Wildman–Crippen LogP) is 8.75. The number of alkyl halides is 1. The Morgan fingerprint density at radius 2 is 1.55 bits per heavy atom. The second-order valence-corrected chi connectivity index (χ2v) is 17.2. The van der Waals surface area contributed by atoms with E-state index in [9.17, 15) is 24.2 Å². The van der Waals surface area contributed by atoms with Crippen molar-refractivity contribution in [3.8, 4) is 11.5 Å². The van der Waals surface area contributed by atoms with Crippen LogP contribution in [0.1, 0.15) is 36.4 Å². The summed E-state index contributed by atoms with van der Waals surface area (Å²) in [5.41, 5.74) is 3.08. The second-order valence-electron chi connectivity index (χ2n) is 12.6. The van der Waals surface area contributed by atoms with Crippen molar-refractivity contribution in [2.75, 3.05) is 41.1 Å². The van der Waals surface area contributed by atoms with Crippen LogP contribution in [0.25, 0.3) is 21.5 Å². The Bertz CT molecular complexity index is 2440. The monoisotopic (exact) mass is 830 g/mol. The smallest absolute Gasteiger partial charge is 0.412 e. The number of pyridine rings is 1. The van der Waals surface area contributed by atoms with Gasteiger partial charge in [-0.25, -0.2) is 9.78 Å². The maximum atomic E-state index is 14.1. The maximum Gasteiger partial charge on any atom is 0.412 e. The molecule has 2 aliphatic heterocycles. The number of amides is 3. The Morgan fingerprint density at radius 1 is 0.873 bits per heavy atom. The average Bonchev–Trinajstić information content (AvgIpc) is 3.96. The molecule has 0 saturated heterocycles. The topological polar surface area (TPSA) is 142 Å². The fourth-order valence-electron chi connectivity index (χ4n) is 7.09. The summed E-state index contributed by atoms with van der Waals surface area (Å²) >= 11 is 7.54. The van der Waals surface area contributed by atoms with Gasteiger partial charge in [-0.15, -0.1) is 22.9 Å². The van der Waals surface area contributed by atoms with E-state index in [0.717, 1.165) is 43.6 Å². The molecule has 1 atom stereocenters. The summed E-state index contributed by atoms with van der Waals surface area (Å²) in [7, 11) is 0.411. The van der Waals surface area contributed by atoms with E-state index >= 15 is 0 Å². The lowest BCUT2D eigenvalue weighted by Crippen LogP contribution is -2.30. The summed E-state index contributed by atoms with van der Waals surface area (Å²) < 4.78 is 11.2. The van der Waals surface area contributed by atoms with E-state index in [-0.39, 0.29) is 29.4 Å². The maximum absolute atomic E-state index is 14.1. The van der Waals surface area contributed by atoms with Crippen LogP contribution in [0.2, 0.25) is 0 Å². The van der Waals surface area contributed by atoms with Gasteiger partial charge in [-0.05, 0) is 63.4 Å². The lowest BCUT2D eigenvalue weighted by atomic mass is 9.95. The molecular weight excluding hydrogens is 799 g/mol. The Hall–Kier alpha value is -4.40. The summed E-state index contributed by atoms with van der Waals surface area (Å²) in [6.45, 7) is 1.13. The zero-order valence-corrected chi connectivity index (χ0v) is 33.0. The van der Waals surface area contributed by atoms with Crippen LogP contribution in [0.4, 0.5) is 16.2 Å². The molecule has 2 aromatic heterocycles. The molecule has 3 amide bonds. The Labute approximate surface area is 334 Å². The number of ether oxygens (including phenoxy) is 1. The van der Waals surface area contributed by atoms with Gasteiger partial charge in [-0.2, -0.15) is 0 Å². The molecule has 6 aromatic rings. The first-order chi connectivity index (χ1) is 26.8. The molecule has 0 spiro atoms. The van der Waals surface area contributed by atoms with Gasteiger partial charge in [0.1, 0.15) is 16.5 Å². The Balaban J connectivity index is 1.01. The first-order valence-corrected chi connectivity index (χ1v) is 22.1. The molecule has 55 heavy (non-hydrogen) atoms. The number of nitrogens with one attached hydrogen (secondary N) is 1. The van der Waals surface area contributed by atoms with Crippen LogP contribution in [0.15, 0.2) is 102 Å². The van der Waals surface area contributed by atoms with Gasteiger partial charge in [-0.3, -0.25) is 9.59 Å². The fraction of sp³-hybridized carbons (Fsp3) is 0.179. The third-order valence-corrected chi connectivity index (χ3v) is 13.5. The summed E-state index contributed by atoms with van der Waals surface area (Å²) in [5, 5.41) is 6.87. The molecule has 8 rings (SSSR count). The van der Waals surface area contributed by atoms with Gasteiger partial charge in [0.05, 0.1) is 21.1 Å². The lowest BCUT2D eigenvalue weighted by molar-refractivity contribution is 0.0986. The number of aromatic nitrogens is 1.